The summed E-state index contributed by atoms with van der Waals surface area (Å²) in [6.07, 6.45) is 3.66. The number of nitrogens with zero attached hydrogens (tertiary/aromatic N) is 2. The molecule has 2 N–H and O–H groups in total. The fourth-order valence-electron chi connectivity index (χ4n) is 2.17. The SMILES string of the molecule is CCCCCNC(=NCc1cccc(OCCN(C)C)c1)NCC. The van der Waals surface area contributed by atoms with Crippen molar-refractivity contribution in [2.45, 2.75) is 39.7 Å². The summed E-state index contributed by atoms with van der Waals surface area (Å²) in [7, 11) is 4.09. The summed E-state index contributed by atoms with van der Waals surface area (Å²) in [4.78, 5) is 6.77. The molecule has 0 aliphatic heterocycles. The number of hydrogen-bond acceptors (Lipinski definition) is 3. The summed E-state index contributed by atoms with van der Waals surface area (Å²) < 4.78 is 5.78. The van der Waals surface area contributed by atoms with Gasteiger partial charge in [-0.05, 0) is 45.1 Å². The highest BCUT2D eigenvalue weighted by molar-refractivity contribution is 5.79. The molecule has 0 aromatic heterocycles. The Hall–Kier alpha value is -1.75. The van der Waals surface area contributed by atoms with Gasteiger partial charge < -0.3 is 20.3 Å². The standard InChI is InChI=1S/C19H34N4O/c1-5-7-8-12-21-19(20-6-2)22-16-17-10-9-11-18(15-17)24-14-13-23(3)4/h9-11,15H,5-8,12-14,16H2,1-4H3,(H2,20,21,22). The molecule has 0 heterocycles. The lowest BCUT2D eigenvalue weighted by atomic mass is 10.2. The first-order valence-electron chi connectivity index (χ1n) is 9.04. The number of likely N-dealkylation sites (N-methyl/N-ethyl adjacent to an activating group) is 1. The molecule has 0 saturated carbocycles. The second-order valence-electron chi connectivity index (χ2n) is 6.13. The second kappa shape index (κ2) is 12.6. The van der Waals surface area contributed by atoms with Crippen molar-refractivity contribution in [2.24, 2.45) is 4.99 Å². The van der Waals surface area contributed by atoms with Gasteiger partial charge in [-0.25, -0.2) is 4.99 Å². The number of benzene rings is 1. The molecule has 0 spiro atoms. The second-order valence-corrected chi connectivity index (χ2v) is 6.13. The van der Waals surface area contributed by atoms with E-state index in [1.165, 1.54) is 19.3 Å². The van der Waals surface area contributed by atoms with Gasteiger partial charge in [-0.2, -0.15) is 0 Å². The van der Waals surface area contributed by atoms with Crippen LogP contribution in [-0.4, -0.2) is 51.2 Å². The van der Waals surface area contributed by atoms with Crippen LogP contribution in [0, 0.1) is 0 Å². The zero-order valence-electron chi connectivity index (χ0n) is 15.8. The van der Waals surface area contributed by atoms with Crippen molar-refractivity contribution >= 4 is 5.96 Å². The molecule has 0 aliphatic carbocycles. The van der Waals surface area contributed by atoms with Gasteiger partial charge in [-0.3, -0.25) is 0 Å². The molecular weight excluding hydrogens is 300 g/mol. The highest BCUT2D eigenvalue weighted by Gasteiger charge is 2.00. The Bertz CT molecular complexity index is 474. The summed E-state index contributed by atoms with van der Waals surface area (Å²) in [5, 5.41) is 6.68. The number of aliphatic imine (C=N–C) groups is 1. The van der Waals surface area contributed by atoms with E-state index in [2.05, 4.69) is 46.5 Å². The predicted octanol–water partition coefficient (Wildman–Crippen LogP) is 2.87. The number of nitrogens with one attached hydrogen (secondary N) is 2. The number of rotatable bonds is 11. The highest BCUT2D eigenvalue weighted by atomic mass is 16.5. The van der Waals surface area contributed by atoms with Crippen molar-refractivity contribution in [3.8, 4) is 5.75 Å². The molecule has 1 aromatic rings. The number of hydrogen-bond donors (Lipinski definition) is 2. The Balaban J connectivity index is 2.51. The molecule has 5 nitrogen and oxygen atoms in total. The van der Waals surface area contributed by atoms with Crippen LogP contribution in [0.5, 0.6) is 5.75 Å². The van der Waals surface area contributed by atoms with Crippen LogP contribution >= 0.6 is 0 Å². The molecule has 0 atom stereocenters. The normalized spacial score (nSPS) is 11.6. The highest BCUT2D eigenvalue weighted by Crippen LogP contribution is 2.14. The third-order valence-corrected chi connectivity index (χ3v) is 3.54. The van der Waals surface area contributed by atoms with Crippen LogP contribution in [0.15, 0.2) is 29.3 Å². The van der Waals surface area contributed by atoms with Crippen molar-refractivity contribution < 1.29 is 4.74 Å². The van der Waals surface area contributed by atoms with Crippen molar-refractivity contribution in [3.05, 3.63) is 29.8 Å². The first-order valence-corrected chi connectivity index (χ1v) is 9.04. The van der Waals surface area contributed by atoms with Gasteiger partial charge in [0.25, 0.3) is 0 Å². The van der Waals surface area contributed by atoms with Crippen LogP contribution in [-0.2, 0) is 6.54 Å². The van der Waals surface area contributed by atoms with Gasteiger partial charge in [0, 0.05) is 19.6 Å². The summed E-state index contributed by atoms with van der Waals surface area (Å²) in [5.41, 5.74) is 1.16. The Morgan fingerprint density at radius 2 is 2.00 bits per heavy atom. The van der Waals surface area contributed by atoms with E-state index in [-0.39, 0.29) is 0 Å². The zero-order chi connectivity index (χ0) is 17.6. The van der Waals surface area contributed by atoms with Gasteiger partial charge in [0.05, 0.1) is 6.54 Å². The maximum Gasteiger partial charge on any atom is 0.191 e. The van der Waals surface area contributed by atoms with Gasteiger partial charge >= 0.3 is 0 Å². The molecule has 1 aromatic carbocycles. The molecule has 0 amide bonds. The minimum absolute atomic E-state index is 0.647. The molecule has 136 valence electrons. The molecule has 0 bridgehead atoms. The van der Waals surface area contributed by atoms with E-state index in [1.54, 1.807) is 0 Å². The minimum atomic E-state index is 0.647. The molecule has 0 radical (unpaired) electrons. The number of ether oxygens (including phenoxy) is 1. The molecule has 0 unspecified atom stereocenters. The minimum Gasteiger partial charge on any atom is -0.492 e. The summed E-state index contributed by atoms with van der Waals surface area (Å²) in [6.45, 7) is 8.39. The molecule has 24 heavy (non-hydrogen) atoms. The molecule has 1 rings (SSSR count). The Morgan fingerprint density at radius 1 is 1.17 bits per heavy atom. The van der Waals surface area contributed by atoms with Gasteiger partial charge in [-0.15, -0.1) is 0 Å². The zero-order valence-corrected chi connectivity index (χ0v) is 15.8. The smallest absolute Gasteiger partial charge is 0.191 e. The van der Waals surface area contributed by atoms with E-state index >= 15 is 0 Å². The molecule has 0 fully saturated rings. The average Bonchev–Trinajstić information content (AvgIpc) is 2.56. The van der Waals surface area contributed by atoms with E-state index in [0.717, 1.165) is 36.9 Å². The fourth-order valence-corrected chi connectivity index (χ4v) is 2.17. The third kappa shape index (κ3) is 9.40. The topological polar surface area (TPSA) is 48.9 Å². The monoisotopic (exact) mass is 334 g/mol. The van der Waals surface area contributed by atoms with Crippen LogP contribution in [0.4, 0.5) is 0 Å². The largest absolute Gasteiger partial charge is 0.492 e. The maximum atomic E-state index is 5.78. The summed E-state index contributed by atoms with van der Waals surface area (Å²) in [6, 6.07) is 8.18. The van der Waals surface area contributed by atoms with Crippen molar-refractivity contribution in [2.75, 3.05) is 40.3 Å². The number of guanidine groups is 1. The Labute approximate surface area is 147 Å². The molecule has 0 saturated heterocycles. The van der Waals surface area contributed by atoms with Gasteiger partial charge in [-0.1, -0.05) is 31.9 Å². The number of unbranched alkanes of at least 4 members (excludes halogenated alkanes) is 2. The third-order valence-electron chi connectivity index (χ3n) is 3.54. The van der Waals surface area contributed by atoms with E-state index in [9.17, 15) is 0 Å². The van der Waals surface area contributed by atoms with Gasteiger partial charge in [0.1, 0.15) is 12.4 Å². The fraction of sp³-hybridized carbons (Fsp3) is 0.632. The van der Waals surface area contributed by atoms with Crippen LogP contribution in [0.25, 0.3) is 0 Å². The molecular formula is C19H34N4O. The quantitative estimate of drug-likeness (QED) is 0.371. The predicted molar refractivity (Wildman–Crippen MR) is 103 cm³/mol. The van der Waals surface area contributed by atoms with Gasteiger partial charge in [0.15, 0.2) is 5.96 Å². The van der Waals surface area contributed by atoms with E-state index in [0.29, 0.717) is 13.2 Å². The maximum absolute atomic E-state index is 5.78. The van der Waals surface area contributed by atoms with E-state index < -0.39 is 0 Å². The van der Waals surface area contributed by atoms with Crippen molar-refractivity contribution in [1.82, 2.24) is 15.5 Å². The Kier molecular flexibility index (Phi) is 10.7. The lowest BCUT2D eigenvalue weighted by Crippen LogP contribution is -2.37. The first-order chi connectivity index (χ1) is 11.7. The molecule has 0 aliphatic rings. The van der Waals surface area contributed by atoms with Crippen molar-refractivity contribution in [1.29, 1.82) is 0 Å². The summed E-state index contributed by atoms with van der Waals surface area (Å²) in [5.74, 6) is 1.79. The van der Waals surface area contributed by atoms with Crippen LogP contribution < -0.4 is 15.4 Å². The van der Waals surface area contributed by atoms with E-state index in [4.69, 9.17) is 4.74 Å². The van der Waals surface area contributed by atoms with Gasteiger partial charge in [0.2, 0.25) is 0 Å². The lowest BCUT2D eigenvalue weighted by Gasteiger charge is -2.12. The van der Waals surface area contributed by atoms with E-state index in [1.807, 2.05) is 26.2 Å². The van der Waals surface area contributed by atoms with Crippen LogP contribution in [0.1, 0.15) is 38.7 Å². The first kappa shape index (κ1) is 20.3. The average molecular weight is 335 g/mol. The lowest BCUT2D eigenvalue weighted by molar-refractivity contribution is 0.261. The van der Waals surface area contributed by atoms with Crippen LogP contribution in [0.3, 0.4) is 0 Å². The summed E-state index contributed by atoms with van der Waals surface area (Å²) >= 11 is 0. The Morgan fingerprint density at radius 3 is 2.71 bits per heavy atom. The van der Waals surface area contributed by atoms with Crippen molar-refractivity contribution in [3.63, 3.8) is 0 Å². The molecule has 5 heteroatoms. The van der Waals surface area contributed by atoms with Crippen LogP contribution in [0.2, 0.25) is 0 Å².